The third-order valence-electron chi connectivity index (χ3n) is 6.47. The molecule has 8 heteroatoms. The summed E-state index contributed by atoms with van der Waals surface area (Å²) >= 11 is 6.21. The van der Waals surface area contributed by atoms with Gasteiger partial charge in [-0.15, -0.1) is 0 Å². The topological polar surface area (TPSA) is 63.6 Å². The van der Waals surface area contributed by atoms with Crippen molar-refractivity contribution < 1.29 is 18.7 Å². The molecule has 6 nitrogen and oxygen atoms in total. The molecule has 0 radical (unpaired) electrons. The SMILES string of the molecule is Cc1cc(/C=C2/NC(=O)N(Cc3ccccc3F)C2=O)c(C)n1-c1ccc(OCc2ccccc2Cl)cc1. The highest BCUT2D eigenvalue weighted by Crippen LogP contribution is 2.26. The molecular formula is C30H25ClFN3O3. The average Bonchev–Trinajstić information content (AvgIpc) is 3.33. The number of halogens is 2. The number of hydrogen-bond donors (Lipinski definition) is 1. The summed E-state index contributed by atoms with van der Waals surface area (Å²) in [5.74, 6) is -0.245. The summed E-state index contributed by atoms with van der Waals surface area (Å²) in [4.78, 5) is 26.4. The molecule has 1 aliphatic heterocycles. The lowest BCUT2D eigenvalue weighted by molar-refractivity contribution is -0.123. The van der Waals surface area contributed by atoms with Crippen LogP contribution in [-0.4, -0.2) is 21.4 Å². The summed E-state index contributed by atoms with van der Waals surface area (Å²) in [6, 6.07) is 22.7. The van der Waals surface area contributed by atoms with Gasteiger partial charge in [0.2, 0.25) is 0 Å². The Morgan fingerprint density at radius 3 is 2.34 bits per heavy atom. The molecule has 3 aromatic carbocycles. The minimum atomic E-state index is -0.578. The molecular weight excluding hydrogens is 505 g/mol. The molecule has 4 aromatic rings. The Kier molecular flexibility index (Phi) is 7.03. The van der Waals surface area contributed by atoms with Crippen LogP contribution in [0, 0.1) is 19.7 Å². The fraction of sp³-hybridized carbons (Fsp3) is 0.133. The number of rotatable bonds is 7. The van der Waals surface area contributed by atoms with Crippen LogP contribution in [0.1, 0.15) is 28.1 Å². The Balaban J connectivity index is 1.33. The largest absolute Gasteiger partial charge is 0.489 e. The lowest BCUT2D eigenvalue weighted by Crippen LogP contribution is -2.30. The molecule has 0 atom stereocenters. The summed E-state index contributed by atoms with van der Waals surface area (Å²) < 4.78 is 22.0. The maximum Gasteiger partial charge on any atom is 0.329 e. The van der Waals surface area contributed by atoms with Crippen molar-refractivity contribution in [2.75, 3.05) is 0 Å². The minimum absolute atomic E-state index is 0.140. The highest BCUT2D eigenvalue weighted by atomic mass is 35.5. The molecule has 0 spiro atoms. The van der Waals surface area contributed by atoms with Gasteiger partial charge in [-0.05, 0) is 68.0 Å². The molecule has 3 amide bonds. The Hall–Kier alpha value is -4.36. The molecule has 192 valence electrons. The molecule has 1 N–H and O–H groups in total. The second kappa shape index (κ2) is 10.6. The molecule has 0 aliphatic carbocycles. The number of nitrogens with one attached hydrogen (secondary N) is 1. The predicted octanol–water partition coefficient (Wildman–Crippen LogP) is 6.56. The molecule has 0 bridgehead atoms. The molecule has 1 aromatic heterocycles. The lowest BCUT2D eigenvalue weighted by Gasteiger charge is -2.12. The first-order chi connectivity index (χ1) is 18.3. The maximum atomic E-state index is 14.1. The zero-order valence-electron chi connectivity index (χ0n) is 20.9. The van der Waals surface area contributed by atoms with E-state index in [0.717, 1.165) is 33.1 Å². The monoisotopic (exact) mass is 529 g/mol. The Morgan fingerprint density at radius 1 is 0.947 bits per heavy atom. The zero-order chi connectivity index (χ0) is 26.8. The van der Waals surface area contributed by atoms with Crippen molar-refractivity contribution in [2.24, 2.45) is 0 Å². The molecule has 1 saturated heterocycles. The van der Waals surface area contributed by atoms with Crippen LogP contribution in [0.3, 0.4) is 0 Å². The Morgan fingerprint density at radius 2 is 1.63 bits per heavy atom. The van der Waals surface area contributed by atoms with E-state index in [1.165, 1.54) is 6.07 Å². The standard InChI is InChI=1S/C30H25ClFN3O3/c1-19-15-23(16-28-29(36)34(30(37)33-28)17-21-7-4-6-10-27(21)32)20(2)35(19)24-11-13-25(14-12-24)38-18-22-8-3-5-9-26(22)31/h3-16H,17-18H2,1-2H3,(H,33,37)/b28-16+. The van der Waals surface area contributed by atoms with Gasteiger partial charge in [-0.3, -0.25) is 9.69 Å². The number of nitrogens with zero attached hydrogens (tertiary/aromatic N) is 2. The van der Waals surface area contributed by atoms with E-state index >= 15 is 0 Å². The van der Waals surface area contributed by atoms with Crippen molar-refractivity contribution in [1.29, 1.82) is 0 Å². The third kappa shape index (κ3) is 5.06. The van der Waals surface area contributed by atoms with Gasteiger partial charge in [-0.1, -0.05) is 48.0 Å². The number of aryl methyl sites for hydroxylation is 1. The molecule has 1 fully saturated rings. The van der Waals surface area contributed by atoms with Gasteiger partial charge in [0.15, 0.2) is 0 Å². The van der Waals surface area contributed by atoms with Gasteiger partial charge in [0.05, 0.1) is 6.54 Å². The maximum absolute atomic E-state index is 14.1. The second-order valence-corrected chi connectivity index (χ2v) is 9.41. The molecule has 38 heavy (non-hydrogen) atoms. The van der Waals surface area contributed by atoms with Crippen LogP contribution in [0.25, 0.3) is 11.8 Å². The minimum Gasteiger partial charge on any atom is -0.489 e. The number of carbonyl (C=O) groups is 2. The van der Waals surface area contributed by atoms with E-state index in [-0.39, 0.29) is 17.8 Å². The van der Waals surface area contributed by atoms with Crippen LogP contribution >= 0.6 is 11.6 Å². The van der Waals surface area contributed by atoms with E-state index in [1.807, 2.05) is 68.4 Å². The van der Waals surface area contributed by atoms with Crippen LogP contribution in [0.2, 0.25) is 5.02 Å². The van der Waals surface area contributed by atoms with Gasteiger partial charge < -0.3 is 14.6 Å². The van der Waals surface area contributed by atoms with E-state index < -0.39 is 17.8 Å². The first kappa shape index (κ1) is 25.3. The number of aromatic nitrogens is 1. The normalized spacial score (nSPS) is 14.3. The van der Waals surface area contributed by atoms with Crippen LogP contribution in [-0.2, 0) is 17.9 Å². The number of hydrogen-bond acceptors (Lipinski definition) is 3. The van der Waals surface area contributed by atoms with E-state index in [9.17, 15) is 14.0 Å². The Bertz CT molecular complexity index is 1560. The summed E-state index contributed by atoms with van der Waals surface area (Å²) in [5, 5.41) is 3.28. The van der Waals surface area contributed by atoms with Crippen molar-refractivity contribution >= 4 is 29.6 Å². The number of benzene rings is 3. The van der Waals surface area contributed by atoms with Crippen molar-refractivity contribution in [3.05, 3.63) is 123 Å². The summed E-state index contributed by atoms with van der Waals surface area (Å²) in [7, 11) is 0. The zero-order valence-corrected chi connectivity index (χ0v) is 21.6. The lowest BCUT2D eigenvalue weighted by atomic mass is 10.2. The summed E-state index contributed by atoms with van der Waals surface area (Å²) in [6.45, 7) is 4.14. The summed E-state index contributed by atoms with van der Waals surface area (Å²) in [6.07, 6.45) is 1.65. The van der Waals surface area contributed by atoms with Crippen molar-refractivity contribution in [2.45, 2.75) is 27.0 Å². The molecule has 5 rings (SSSR count). The first-order valence-electron chi connectivity index (χ1n) is 12.1. The van der Waals surface area contributed by atoms with Gasteiger partial charge >= 0.3 is 6.03 Å². The van der Waals surface area contributed by atoms with E-state index in [2.05, 4.69) is 9.88 Å². The number of ether oxygens (including phenoxy) is 1. The van der Waals surface area contributed by atoms with Crippen molar-refractivity contribution in [3.8, 4) is 11.4 Å². The van der Waals surface area contributed by atoms with Gasteiger partial charge in [-0.25, -0.2) is 9.18 Å². The molecule has 0 saturated carbocycles. The second-order valence-electron chi connectivity index (χ2n) is 9.01. The number of amides is 3. The molecule has 1 aliphatic rings. The smallest absolute Gasteiger partial charge is 0.329 e. The van der Waals surface area contributed by atoms with E-state index in [1.54, 1.807) is 24.3 Å². The fourth-order valence-electron chi connectivity index (χ4n) is 4.47. The van der Waals surface area contributed by atoms with Gasteiger partial charge in [0.25, 0.3) is 5.91 Å². The highest BCUT2D eigenvalue weighted by Gasteiger charge is 2.34. The van der Waals surface area contributed by atoms with Crippen LogP contribution in [0.4, 0.5) is 9.18 Å². The molecule has 0 unspecified atom stereocenters. The number of urea groups is 1. The van der Waals surface area contributed by atoms with Crippen LogP contribution < -0.4 is 10.1 Å². The number of carbonyl (C=O) groups excluding carboxylic acids is 2. The highest BCUT2D eigenvalue weighted by molar-refractivity contribution is 6.31. The van der Waals surface area contributed by atoms with Crippen LogP contribution in [0.5, 0.6) is 5.75 Å². The van der Waals surface area contributed by atoms with Crippen LogP contribution in [0.15, 0.2) is 84.6 Å². The Labute approximate surface area is 224 Å². The first-order valence-corrected chi connectivity index (χ1v) is 12.4. The fourth-order valence-corrected chi connectivity index (χ4v) is 4.66. The van der Waals surface area contributed by atoms with Gasteiger partial charge in [0.1, 0.15) is 23.9 Å². The van der Waals surface area contributed by atoms with E-state index in [4.69, 9.17) is 16.3 Å². The average molecular weight is 530 g/mol. The van der Waals surface area contributed by atoms with Gasteiger partial charge in [-0.2, -0.15) is 0 Å². The third-order valence-corrected chi connectivity index (χ3v) is 6.83. The molecule has 2 heterocycles. The van der Waals surface area contributed by atoms with Gasteiger partial charge in [0, 0.05) is 33.2 Å². The quantitative estimate of drug-likeness (QED) is 0.218. The van der Waals surface area contributed by atoms with E-state index in [0.29, 0.717) is 17.4 Å². The van der Waals surface area contributed by atoms with Crippen molar-refractivity contribution in [1.82, 2.24) is 14.8 Å². The predicted molar refractivity (Wildman–Crippen MR) is 144 cm³/mol. The van der Waals surface area contributed by atoms with Crippen molar-refractivity contribution in [3.63, 3.8) is 0 Å². The summed E-state index contributed by atoms with van der Waals surface area (Å²) in [5.41, 5.74) is 4.91. The number of imide groups is 1.